The largest absolute Gasteiger partial charge is 0.480 e. The molecule has 1 rings (SSSR count). The molecule has 0 saturated heterocycles. The van der Waals surface area contributed by atoms with Gasteiger partial charge in [0.1, 0.15) is 5.54 Å². The number of carbonyl (C=O) groups is 2. The third-order valence-corrected chi connectivity index (χ3v) is 6.30. The fraction of sp³-hybridized carbons (Fsp3) is 0.846. The lowest BCUT2D eigenvalue weighted by molar-refractivity contribution is -0.145. The van der Waals surface area contributed by atoms with Gasteiger partial charge in [0, 0.05) is 12.8 Å². The van der Waals surface area contributed by atoms with E-state index in [1.54, 1.807) is 0 Å². The minimum Gasteiger partial charge on any atom is -0.480 e. The molecule has 0 spiro atoms. The fourth-order valence-electron chi connectivity index (χ4n) is 2.23. The second-order valence-corrected chi connectivity index (χ2v) is 8.94. The van der Waals surface area contributed by atoms with Gasteiger partial charge in [-0.3, -0.25) is 0 Å². The van der Waals surface area contributed by atoms with Gasteiger partial charge in [0.05, 0.1) is 4.75 Å². The van der Waals surface area contributed by atoms with Gasteiger partial charge in [-0.1, -0.05) is 19.3 Å². The molecule has 0 aromatic rings. The molecule has 1 aliphatic carbocycles. The summed E-state index contributed by atoms with van der Waals surface area (Å²) in [5, 5.41) is 14.3. The smallest absolute Gasteiger partial charge is 0.329 e. The van der Waals surface area contributed by atoms with E-state index in [4.69, 9.17) is 0 Å². The lowest BCUT2D eigenvalue weighted by Crippen LogP contribution is -2.59. The first kappa shape index (κ1) is 17.7. The van der Waals surface area contributed by atoms with E-state index in [-0.39, 0.29) is 6.54 Å². The van der Waals surface area contributed by atoms with Gasteiger partial charge in [-0.25, -0.2) is 18.0 Å². The molecule has 1 fully saturated rings. The molecular weight excluding hydrogens is 296 g/mol. The van der Waals surface area contributed by atoms with Crippen LogP contribution in [0.1, 0.15) is 46.0 Å². The van der Waals surface area contributed by atoms with Crippen LogP contribution in [0.25, 0.3) is 0 Å². The molecule has 21 heavy (non-hydrogen) atoms. The van der Waals surface area contributed by atoms with E-state index in [0.29, 0.717) is 12.8 Å². The van der Waals surface area contributed by atoms with E-state index in [9.17, 15) is 23.1 Å². The highest BCUT2D eigenvalue weighted by molar-refractivity contribution is 7.92. The van der Waals surface area contributed by atoms with Crippen LogP contribution < -0.4 is 10.6 Å². The molecule has 2 amide bonds. The lowest BCUT2D eigenvalue weighted by Gasteiger charge is -2.34. The van der Waals surface area contributed by atoms with Crippen LogP contribution in [0.2, 0.25) is 0 Å². The highest BCUT2D eigenvalue weighted by atomic mass is 32.2. The second-order valence-electron chi connectivity index (χ2n) is 6.29. The van der Waals surface area contributed by atoms with Crippen LogP contribution in [0, 0.1) is 0 Å². The summed E-state index contributed by atoms with van der Waals surface area (Å²) in [6, 6.07) is -0.643. The Morgan fingerprint density at radius 3 is 2.14 bits per heavy atom. The van der Waals surface area contributed by atoms with E-state index in [0.717, 1.165) is 25.5 Å². The number of amides is 2. The quantitative estimate of drug-likeness (QED) is 0.696. The molecule has 7 nitrogen and oxygen atoms in total. The number of carbonyl (C=O) groups excluding carboxylic acids is 1. The predicted octanol–water partition coefficient (Wildman–Crippen LogP) is 0.896. The molecule has 0 unspecified atom stereocenters. The van der Waals surface area contributed by atoms with Crippen LogP contribution in [0.4, 0.5) is 4.79 Å². The molecule has 0 atom stereocenters. The van der Waals surface area contributed by atoms with Crippen molar-refractivity contribution in [3.8, 4) is 0 Å². The summed E-state index contributed by atoms with van der Waals surface area (Å²) < 4.78 is 22.0. The van der Waals surface area contributed by atoms with Crippen molar-refractivity contribution >= 4 is 21.8 Å². The first-order valence-electron chi connectivity index (χ1n) is 6.99. The van der Waals surface area contributed by atoms with Crippen molar-refractivity contribution < 1.29 is 23.1 Å². The SMILES string of the molecule is CC(C)(CNC(=O)NC1(C(=O)O)CCCCC1)S(C)(=O)=O. The summed E-state index contributed by atoms with van der Waals surface area (Å²) in [5.74, 6) is -1.04. The molecule has 0 aliphatic heterocycles. The molecule has 0 aromatic heterocycles. The highest BCUT2D eigenvalue weighted by Crippen LogP contribution is 2.28. The Kier molecular flexibility index (Phi) is 5.25. The number of nitrogens with one attached hydrogen (secondary N) is 2. The molecule has 0 aromatic carbocycles. The van der Waals surface area contributed by atoms with Gasteiger partial charge in [-0.15, -0.1) is 0 Å². The number of rotatable bonds is 5. The molecule has 8 heteroatoms. The average Bonchev–Trinajstić information content (AvgIpc) is 2.36. The third-order valence-electron chi connectivity index (χ3n) is 4.15. The maximum Gasteiger partial charge on any atom is 0.329 e. The van der Waals surface area contributed by atoms with Crippen molar-refractivity contribution in [2.24, 2.45) is 0 Å². The molecule has 0 radical (unpaired) electrons. The Morgan fingerprint density at radius 2 is 1.71 bits per heavy atom. The Balaban J connectivity index is 2.66. The molecule has 0 bridgehead atoms. The Labute approximate surface area is 125 Å². The van der Waals surface area contributed by atoms with Gasteiger partial charge in [0.2, 0.25) is 0 Å². The zero-order chi connectivity index (χ0) is 16.3. The van der Waals surface area contributed by atoms with Crippen LogP contribution in [-0.2, 0) is 14.6 Å². The second kappa shape index (κ2) is 6.21. The van der Waals surface area contributed by atoms with Gasteiger partial charge in [0.15, 0.2) is 9.84 Å². The van der Waals surface area contributed by atoms with Crippen molar-refractivity contribution in [2.45, 2.75) is 56.2 Å². The van der Waals surface area contributed by atoms with Crippen molar-refractivity contribution in [3.05, 3.63) is 0 Å². The van der Waals surface area contributed by atoms with E-state index in [1.807, 2.05) is 0 Å². The number of hydrogen-bond acceptors (Lipinski definition) is 4. The molecule has 0 heterocycles. The fourth-order valence-corrected chi connectivity index (χ4v) is 2.57. The normalized spacial score (nSPS) is 18.8. The zero-order valence-corrected chi connectivity index (χ0v) is 13.5. The topological polar surface area (TPSA) is 113 Å². The average molecular weight is 320 g/mol. The number of carboxylic acid groups (broad SMARTS) is 1. The molecule has 1 aliphatic rings. The van der Waals surface area contributed by atoms with E-state index in [2.05, 4.69) is 10.6 Å². The summed E-state index contributed by atoms with van der Waals surface area (Å²) in [7, 11) is -3.32. The van der Waals surface area contributed by atoms with Crippen LogP contribution in [-0.4, -0.2) is 48.6 Å². The van der Waals surface area contributed by atoms with Crippen molar-refractivity contribution in [2.75, 3.05) is 12.8 Å². The summed E-state index contributed by atoms with van der Waals surface area (Å²) in [6.07, 6.45) is 4.35. The summed E-state index contributed by atoms with van der Waals surface area (Å²) in [4.78, 5) is 23.3. The predicted molar refractivity (Wildman–Crippen MR) is 78.9 cm³/mol. The maximum atomic E-state index is 11.9. The first-order chi connectivity index (χ1) is 9.50. The number of carboxylic acids is 1. The lowest BCUT2D eigenvalue weighted by atomic mass is 9.82. The van der Waals surface area contributed by atoms with Crippen molar-refractivity contribution in [1.29, 1.82) is 0 Å². The Hall–Kier alpha value is -1.31. The minimum atomic E-state index is -3.32. The van der Waals surface area contributed by atoms with Gasteiger partial charge in [-0.05, 0) is 26.7 Å². The Morgan fingerprint density at radius 1 is 1.19 bits per heavy atom. The number of aliphatic carboxylic acids is 1. The zero-order valence-electron chi connectivity index (χ0n) is 12.7. The summed E-state index contributed by atoms with van der Waals surface area (Å²) >= 11 is 0. The molecule has 3 N–H and O–H groups in total. The standard InChI is InChI=1S/C13H24N2O5S/c1-12(2,21(3,19)20)9-14-11(18)15-13(10(16)17)7-5-4-6-8-13/h4-9H2,1-3H3,(H,16,17)(H2,14,15,18). The summed E-state index contributed by atoms with van der Waals surface area (Å²) in [5.41, 5.74) is -1.24. The summed E-state index contributed by atoms with van der Waals surface area (Å²) in [6.45, 7) is 2.94. The van der Waals surface area contributed by atoms with Gasteiger partial charge in [0.25, 0.3) is 0 Å². The molecular formula is C13H24N2O5S. The maximum absolute atomic E-state index is 11.9. The number of urea groups is 1. The van der Waals surface area contributed by atoms with Gasteiger partial charge >= 0.3 is 12.0 Å². The van der Waals surface area contributed by atoms with Gasteiger partial charge in [-0.2, -0.15) is 0 Å². The van der Waals surface area contributed by atoms with Crippen LogP contribution in [0.5, 0.6) is 0 Å². The minimum absolute atomic E-state index is 0.0760. The third kappa shape index (κ3) is 4.33. The highest BCUT2D eigenvalue weighted by Gasteiger charge is 2.41. The monoisotopic (exact) mass is 320 g/mol. The van der Waals surface area contributed by atoms with Gasteiger partial charge < -0.3 is 15.7 Å². The van der Waals surface area contributed by atoms with Crippen molar-refractivity contribution in [1.82, 2.24) is 10.6 Å². The number of sulfone groups is 1. The van der Waals surface area contributed by atoms with E-state index < -0.39 is 32.1 Å². The number of hydrogen-bond donors (Lipinski definition) is 3. The van der Waals surface area contributed by atoms with Crippen LogP contribution in [0.15, 0.2) is 0 Å². The molecule has 1 saturated carbocycles. The van der Waals surface area contributed by atoms with Crippen LogP contribution >= 0.6 is 0 Å². The van der Waals surface area contributed by atoms with Crippen LogP contribution in [0.3, 0.4) is 0 Å². The van der Waals surface area contributed by atoms with E-state index in [1.165, 1.54) is 13.8 Å². The van der Waals surface area contributed by atoms with E-state index >= 15 is 0 Å². The van der Waals surface area contributed by atoms with Crippen molar-refractivity contribution in [3.63, 3.8) is 0 Å². The first-order valence-corrected chi connectivity index (χ1v) is 8.88. The Bertz CT molecular complexity index is 507. The molecule has 122 valence electrons.